The van der Waals surface area contributed by atoms with E-state index in [0.717, 1.165) is 6.42 Å². The van der Waals surface area contributed by atoms with Crippen molar-refractivity contribution in [3.63, 3.8) is 0 Å². The van der Waals surface area contributed by atoms with E-state index >= 15 is 0 Å². The van der Waals surface area contributed by atoms with E-state index in [9.17, 15) is 13.2 Å². The van der Waals surface area contributed by atoms with Gasteiger partial charge >= 0.3 is 0 Å². The number of hydrogen-bond donors (Lipinski definition) is 0. The Kier molecular flexibility index (Phi) is 4.29. The molecule has 1 atom stereocenters. The van der Waals surface area contributed by atoms with Crippen molar-refractivity contribution in [3.05, 3.63) is 57.3 Å². The lowest BCUT2D eigenvalue weighted by Crippen LogP contribution is -2.38. The SMILES string of the molecule is CC1c2ccsc2CCN1C(=O)c1cccc(CS(C)(=O)=O)c1. The Morgan fingerprint density at radius 2 is 2.13 bits per heavy atom. The first-order valence-electron chi connectivity index (χ1n) is 7.49. The maximum Gasteiger partial charge on any atom is 0.254 e. The van der Waals surface area contributed by atoms with Crippen molar-refractivity contribution >= 4 is 27.1 Å². The Labute approximate surface area is 140 Å². The number of carbonyl (C=O) groups is 1. The van der Waals surface area contributed by atoms with Gasteiger partial charge < -0.3 is 4.90 Å². The quantitative estimate of drug-likeness (QED) is 0.856. The van der Waals surface area contributed by atoms with Crippen LogP contribution in [0.15, 0.2) is 35.7 Å². The van der Waals surface area contributed by atoms with Crippen molar-refractivity contribution < 1.29 is 13.2 Å². The molecule has 2 aromatic rings. The van der Waals surface area contributed by atoms with E-state index < -0.39 is 9.84 Å². The van der Waals surface area contributed by atoms with Gasteiger partial charge in [0.2, 0.25) is 0 Å². The lowest BCUT2D eigenvalue weighted by molar-refractivity contribution is 0.0679. The number of benzene rings is 1. The summed E-state index contributed by atoms with van der Waals surface area (Å²) >= 11 is 1.74. The highest BCUT2D eigenvalue weighted by Gasteiger charge is 2.29. The topological polar surface area (TPSA) is 54.5 Å². The monoisotopic (exact) mass is 349 g/mol. The number of amides is 1. The van der Waals surface area contributed by atoms with E-state index in [4.69, 9.17) is 0 Å². The zero-order chi connectivity index (χ0) is 16.6. The van der Waals surface area contributed by atoms with Crippen LogP contribution in [-0.4, -0.2) is 32.0 Å². The molecule has 3 rings (SSSR count). The van der Waals surface area contributed by atoms with Crippen LogP contribution in [0.5, 0.6) is 0 Å². The highest BCUT2D eigenvalue weighted by molar-refractivity contribution is 7.89. The fourth-order valence-electron chi connectivity index (χ4n) is 3.05. The van der Waals surface area contributed by atoms with Crippen LogP contribution in [-0.2, 0) is 22.0 Å². The first-order chi connectivity index (χ1) is 10.8. The molecule has 0 N–H and O–H groups in total. The zero-order valence-electron chi connectivity index (χ0n) is 13.2. The number of sulfone groups is 1. The first-order valence-corrected chi connectivity index (χ1v) is 10.4. The third kappa shape index (κ3) is 3.48. The van der Waals surface area contributed by atoms with Gasteiger partial charge in [-0.2, -0.15) is 0 Å². The van der Waals surface area contributed by atoms with E-state index in [0.29, 0.717) is 17.7 Å². The molecule has 0 fully saturated rings. The minimum Gasteiger partial charge on any atom is -0.331 e. The summed E-state index contributed by atoms with van der Waals surface area (Å²) in [6.45, 7) is 2.74. The molecule has 0 aliphatic carbocycles. The predicted octanol–water partition coefficient (Wildman–Crippen LogP) is 3.05. The molecule has 0 saturated carbocycles. The third-order valence-electron chi connectivity index (χ3n) is 4.14. The van der Waals surface area contributed by atoms with Gasteiger partial charge in [0.25, 0.3) is 5.91 Å². The molecule has 23 heavy (non-hydrogen) atoms. The van der Waals surface area contributed by atoms with Crippen molar-refractivity contribution in [2.24, 2.45) is 0 Å². The Morgan fingerprint density at radius 3 is 2.87 bits per heavy atom. The Bertz CT molecular complexity index is 839. The van der Waals surface area contributed by atoms with Crippen LogP contribution in [0, 0.1) is 0 Å². The average Bonchev–Trinajstić information content (AvgIpc) is 2.95. The normalized spacial score (nSPS) is 17.8. The maximum atomic E-state index is 12.8. The molecule has 0 bridgehead atoms. The molecule has 4 nitrogen and oxygen atoms in total. The summed E-state index contributed by atoms with van der Waals surface area (Å²) in [5.74, 6) is -0.0806. The molecule has 1 aliphatic rings. The van der Waals surface area contributed by atoms with Crippen LogP contribution in [0.2, 0.25) is 0 Å². The van der Waals surface area contributed by atoms with Crippen molar-refractivity contribution in [1.29, 1.82) is 0 Å². The highest BCUT2D eigenvalue weighted by Crippen LogP contribution is 2.33. The summed E-state index contributed by atoms with van der Waals surface area (Å²) in [5.41, 5.74) is 2.43. The second-order valence-electron chi connectivity index (χ2n) is 5.99. The Morgan fingerprint density at radius 1 is 1.35 bits per heavy atom. The van der Waals surface area contributed by atoms with Crippen LogP contribution in [0.1, 0.15) is 39.3 Å². The maximum absolute atomic E-state index is 12.8. The predicted molar refractivity (Wildman–Crippen MR) is 92.5 cm³/mol. The van der Waals surface area contributed by atoms with Crippen molar-refractivity contribution in [2.75, 3.05) is 12.8 Å². The standard InChI is InChI=1S/C17H19NO3S2/c1-12-15-7-9-22-16(15)6-8-18(12)17(19)14-5-3-4-13(10-14)11-23(2,20)21/h3-5,7,9-10,12H,6,8,11H2,1-2H3. The van der Waals surface area contributed by atoms with Gasteiger partial charge in [0, 0.05) is 23.2 Å². The van der Waals surface area contributed by atoms with Gasteiger partial charge in [-0.05, 0) is 48.1 Å². The lowest BCUT2D eigenvalue weighted by atomic mass is 10.00. The van der Waals surface area contributed by atoms with Crippen molar-refractivity contribution in [2.45, 2.75) is 25.1 Å². The summed E-state index contributed by atoms with van der Waals surface area (Å²) < 4.78 is 22.9. The van der Waals surface area contributed by atoms with Crippen molar-refractivity contribution in [3.8, 4) is 0 Å². The van der Waals surface area contributed by atoms with Crippen LogP contribution in [0.3, 0.4) is 0 Å². The molecule has 1 aromatic heterocycles. The average molecular weight is 349 g/mol. The van der Waals surface area contributed by atoms with E-state index in [1.54, 1.807) is 35.6 Å². The molecule has 0 saturated heterocycles. The van der Waals surface area contributed by atoms with E-state index in [2.05, 4.69) is 11.4 Å². The van der Waals surface area contributed by atoms with Crippen LogP contribution >= 0.6 is 11.3 Å². The van der Waals surface area contributed by atoms with Gasteiger partial charge in [-0.25, -0.2) is 8.42 Å². The smallest absolute Gasteiger partial charge is 0.254 e. The molecule has 122 valence electrons. The van der Waals surface area contributed by atoms with Gasteiger partial charge in [-0.15, -0.1) is 11.3 Å². The van der Waals surface area contributed by atoms with Crippen molar-refractivity contribution in [1.82, 2.24) is 4.90 Å². The molecule has 1 unspecified atom stereocenters. The molecule has 1 aliphatic heterocycles. The second-order valence-corrected chi connectivity index (χ2v) is 9.13. The molecule has 0 radical (unpaired) electrons. The number of hydrogen-bond acceptors (Lipinski definition) is 4. The first kappa shape index (κ1) is 16.2. The second kappa shape index (κ2) is 6.09. The summed E-state index contributed by atoms with van der Waals surface area (Å²) in [4.78, 5) is 16.1. The zero-order valence-corrected chi connectivity index (χ0v) is 14.8. The summed E-state index contributed by atoms with van der Waals surface area (Å²) in [5, 5.41) is 2.07. The molecular formula is C17H19NO3S2. The van der Waals surface area contributed by atoms with Gasteiger partial charge in [0.05, 0.1) is 11.8 Å². The lowest BCUT2D eigenvalue weighted by Gasteiger charge is -2.33. The number of fused-ring (bicyclic) bond motifs is 1. The largest absolute Gasteiger partial charge is 0.331 e. The van der Waals surface area contributed by atoms with Gasteiger partial charge in [0.1, 0.15) is 0 Å². The van der Waals surface area contributed by atoms with E-state index in [1.807, 2.05) is 11.8 Å². The van der Waals surface area contributed by atoms with Gasteiger partial charge in [-0.3, -0.25) is 4.79 Å². The van der Waals surface area contributed by atoms with Crippen LogP contribution in [0.4, 0.5) is 0 Å². The Balaban J connectivity index is 1.85. The minimum absolute atomic E-state index is 0.0373. The molecular weight excluding hydrogens is 330 g/mol. The minimum atomic E-state index is -3.11. The Hall–Kier alpha value is -1.66. The molecule has 6 heteroatoms. The fraction of sp³-hybridized carbons (Fsp3) is 0.353. The molecule has 1 amide bonds. The number of nitrogens with zero attached hydrogens (tertiary/aromatic N) is 1. The molecule has 1 aromatic carbocycles. The summed E-state index contributed by atoms with van der Waals surface area (Å²) in [6.07, 6.45) is 2.08. The number of carbonyl (C=O) groups excluding carboxylic acids is 1. The highest BCUT2D eigenvalue weighted by atomic mass is 32.2. The molecule has 0 spiro atoms. The van der Waals surface area contributed by atoms with E-state index in [1.165, 1.54) is 16.7 Å². The van der Waals surface area contributed by atoms with Crippen LogP contribution < -0.4 is 0 Å². The van der Waals surface area contributed by atoms with Gasteiger partial charge in [0.15, 0.2) is 9.84 Å². The van der Waals surface area contributed by atoms with Gasteiger partial charge in [-0.1, -0.05) is 12.1 Å². The molecule has 2 heterocycles. The fourth-order valence-corrected chi connectivity index (χ4v) is 4.80. The summed E-state index contributed by atoms with van der Waals surface area (Å²) in [7, 11) is -3.11. The number of rotatable bonds is 3. The third-order valence-corrected chi connectivity index (χ3v) is 6.00. The summed E-state index contributed by atoms with van der Waals surface area (Å²) in [6, 6.07) is 9.08. The van der Waals surface area contributed by atoms with E-state index in [-0.39, 0.29) is 17.7 Å². The van der Waals surface area contributed by atoms with Crippen LogP contribution in [0.25, 0.3) is 0 Å². The number of thiophene rings is 1.